The van der Waals surface area contributed by atoms with Crippen molar-refractivity contribution in [3.63, 3.8) is 0 Å². The highest BCUT2D eigenvalue weighted by molar-refractivity contribution is 5.53. The molecule has 0 spiro atoms. The van der Waals surface area contributed by atoms with Crippen molar-refractivity contribution in [2.24, 2.45) is 0 Å². The van der Waals surface area contributed by atoms with Crippen LogP contribution in [0.2, 0.25) is 0 Å². The molecule has 0 fully saturated rings. The summed E-state index contributed by atoms with van der Waals surface area (Å²) in [5, 5.41) is 9.42. The van der Waals surface area contributed by atoms with Crippen LogP contribution in [0, 0.1) is 0 Å². The molecular weight excluding hydrogens is 96.0 g/mol. The Bertz CT molecular complexity index is 60.0. The molecule has 0 unspecified atom stereocenters. The molecule has 0 aromatic heterocycles. The molecule has 0 aromatic carbocycles. The van der Waals surface area contributed by atoms with Crippen molar-refractivity contribution >= 4 is 6.16 Å². The highest BCUT2D eigenvalue weighted by atomic mass is 16.7. The van der Waals surface area contributed by atoms with Crippen LogP contribution in [0.25, 0.3) is 0 Å². The summed E-state index contributed by atoms with van der Waals surface area (Å²) in [6.07, 6.45) is -0.740. The Balaban J connectivity index is 2.82. The van der Waals surface area contributed by atoms with E-state index in [4.69, 9.17) is 0 Å². The van der Waals surface area contributed by atoms with Gasteiger partial charge in [-0.2, -0.15) is 0 Å². The van der Waals surface area contributed by atoms with Gasteiger partial charge in [-0.1, -0.05) is 6.92 Å². The zero-order chi connectivity index (χ0) is 5.70. The Kier molecular flexibility index (Phi) is 3.10. The van der Waals surface area contributed by atoms with Crippen LogP contribution < -0.4 is 5.11 Å². The first-order valence-corrected chi connectivity index (χ1v) is 2.11. The molecule has 0 aliphatic carbocycles. The molecule has 0 atom stereocenters. The zero-order valence-corrected chi connectivity index (χ0v) is 4.14. The summed E-state index contributed by atoms with van der Waals surface area (Å²) in [5.41, 5.74) is 0. The number of carboxylic acid groups (broad SMARTS) is 1. The molecule has 0 aromatic rings. The third kappa shape index (κ3) is 5.27. The van der Waals surface area contributed by atoms with E-state index in [9.17, 15) is 9.90 Å². The van der Waals surface area contributed by atoms with Gasteiger partial charge in [0.25, 0.3) is 6.16 Å². The predicted molar refractivity (Wildman–Crippen MR) is 21.6 cm³/mol. The first kappa shape index (κ1) is 6.27. The second kappa shape index (κ2) is 3.46. The van der Waals surface area contributed by atoms with Gasteiger partial charge in [-0.3, -0.25) is 0 Å². The SMILES string of the molecule is CCCOC(=O)[O-]. The highest BCUT2D eigenvalue weighted by Crippen LogP contribution is 1.76. The van der Waals surface area contributed by atoms with Gasteiger partial charge in [0.15, 0.2) is 0 Å². The summed E-state index contributed by atoms with van der Waals surface area (Å²) in [7, 11) is 0. The molecular formula is C4H7O3-. The quantitative estimate of drug-likeness (QED) is 0.453. The van der Waals surface area contributed by atoms with Crippen LogP contribution in [0.5, 0.6) is 0 Å². The summed E-state index contributed by atoms with van der Waals surface area (Å²) in [5.74, 6) is 0. The van der Waals surface area contributed by atoms with E-state index in [1.54, 1.807) is 0 Å². The summed E-state index contributed by atoms with van der Waals surface area (Å²) >= 11 is 0. The van der Waals surface area contributed by atoms with Crippen LogP contribution in [-0.2, 0) is 4.74 Å². The summed E-state index contributed by atoms with van der Waals surface area (Å²) in [4.78, 5) is 9.42. The van der Waals surface area contributed by atoms with Gasteiger partial charge in [-0.05, 0) is 6.42 Å². The van der Waals surface area contributed by atoms with Crippen LogP contribution in [-0.4, -0.2) is 12.8 Å². The monoisotopic (exact) mass is 103 g/mol. The Labute approximate surface area is 41.9 Å². The normalized spacial score (nSPS) is 8.14. The lowest BCUT2D eigenvalue weighted by Gasteiger charge is -2.02. The number of rotatable bonds is 2. The smallest absolute Gasteiger partial charge is 0.251 e. The minimum absolute atomic E-state index is 0.238. The molecule has 3 heteroatoms. The molecule has 0 saturated carbocycles. The Morgan fingerprint density at radius 3 is 2.57 bits per heavy atom. The summed E-state index contributed by atoms with van der Waals surface area (Å²) in [6, 6.07) is 0. The van der Waals surface area contributed by atoms with Gasteiger partial charge < -0.3 is 14.6 Å². The van der Waals surface area contributed by atoms with E-state index in [1.807, 2.05) is 6.92 Å². The van der Waals surface area contributed by atoms with Gasteiger partial charge in [0, 0.05) is 6.61 Å². The zero-order valence-electron chi connectivity index (χ0n) is 4.14. The molecule has 0 radical (unpaired) electrons. The third-order valence-corrected chi connectivity index (χ3v) is 0.424. The van der Waals surface area contributed by atoms with Crippen LogP contribution >= 0.6 is 0 Å². The van der Waals surface area contributed by atoms with Crippen molar-refractivity contribution < 1.29 is 14.6 Å². The molecule has 3 nitrogen and oxygen atoms in total. The maximum atomic E-state index is 9.42. The molecule has 0 heterocycles. The van der Waals surface area contributed by atoms with Gasteiger partial charge in [-0.15, -0.1) is 0 Å². The van der Waals surface area contributed by atoms with Gasteiger partial charge in [0.2, 0.25) is 0 Å². The molecule has 0 bridgehead atoms. The molecule has 42 valence electrons. The largest absolute Gasteiger partial charge is 0.550 e. The molecule has 7 heavy (non-hydrogen) atoms. The third-order valence-electron chi connectivity index (χ3n) is 0.424. The van der Waals surface area contributed by atoms with Crippen molar-refractivity contribution in [1.82, 2.24) is 0 Å². The van der Waals surface area contributed by atoms with Crippen molar-refractivity contribution in [2.45, 2.75) is 13.3 Å². The maximum Gasteiger partial charge on any atom is 0.251 e. The molecule has 0 saturated heterocycles. The van der Waals surface area contributed by atoms with Gasteiger partial charge in [0.1, 0.15) is 0 Å². The van der Waals surface area contributed by atoms with Gasteiger partial charge in [-0.25, -0.2) is 0 Å². The number of hydrogen-bond acceptors (Lipinski definition) is 3. The number of carbonyl (C=O) groups is 1. The van der Waals surface area contributed by atoms with Crippen molar-refractivity contribution in [1.29, 1.82) is 0 Å². The van der Waals surface area contributed by atoms with Gasteiger partial charge in [0.05, 0.1) is 0 Å². The molecule has 0 aliphatic heterocycles. The predicted octanol–water partition coefficient (Wildman–Crippen LogP) is -0.244. The fraction of sp³-hybridized carbons (Fsp3) is 0.750. The van der Waals surface area contributed by atoms with Crippen molar-refractivity contribution in [2.75, 3.05) is 6.61 Å². The number of ether oxygens (including phenoxy) is 1. The minimum Gasteiger partial charge on any atom is -0.550 e. The van der Waals surface area contributed by atoms with Crippen molar-refractivity contribution in [3.8, 4) is 0 Å². The molecule has 0 amide bonds. The lowest BCUT2D eigenvalue weighted by molar-refractivity contribution is -0.282. The van der Waals surface area contributed by atoms with E-state index in [-0.39, 0.29) is 6.61 Å². The lowest BCUT2D eigenvalue weighted by Crippen LogP contribution is -2.23. The first-order valence-electron chi connectivity index (χ1n) is 2.11. The Hall–Kier alpha value is -0.730. The van der Waals surface area contributed by atoms with Crippen LogP contribution in [0.4, 0.5) is 4.79 Å². The van der Waals surface area contributed by atoms with E-state index in [2.05, 4.69) is 4.74 Å². The number of carbonyl (C=O) groups excluding carboxylic acids is 1. The second-order valence-electron chi connectivity index (χ2n) is 1.10. The Morgan fingerprint density at radius 1 is 1.86 bits per heavy atom. The maximum absolute atomic E-state index is 9.42. The van der Waals surface area contributed by atoms with Crippen LogP contribution in [0.15, 0.2) is 0 Å². The molecule has 0 aliphatic rings. The van der Waals surface area contributed by atoms with E-state index in [0.717, 1.165) is 0 Å². The van der Waals surface area contributed by atoms with E-state index >= 15 is 0 Å². The van der Waals surface area contributed by atoms with Crippen LogP contribution in [0.1, 0.15) is 13.3 Å². The van der Waals surface area contributed by atoms with E-state index < -0.39 is 6.16 Å². The second-order valence-corrected chi connectivity index (χ2v) is 1.10. The highest BCUT2D eigenvalue weighted by Gasteiger charge is 1.76. The first-order chi connectivity index (χ1) is 3.27. The topological polar surface area (TPSA) is 49.4 Å². The van der Waals surface area contributed by atoms with Crippen molar-refractivity contribution in [3.05, 3.63) is 0 Å². The van der Waals surface area contributed by atoms with E-state index in [1.165, 1.54) is 0 Å². The fourth-order valence-corrected chi connectivity index (χ4v) is 0.185. The fourth-order valence-electron chi connectivity index (χ4n) is 0.185. The average Bonchev–Trinajstić information content (AvgIpc) is 1.61. The Morgan fingerprint density at radius 2 is 2.43 bits per heavy atom. The summed E-state index contributed by atoms with van der Waals surface area (Å²) < 4.78 is 4.00. The van der Waals surface area contributed by atoms with Gasteiger partial charge >= 0.3 is 0 Å². The minimum atomic E-state index is -1.44. The summed E-state index contributed by atoms with van der Waals surface area (Å²) in [6.45, 7) is 2.06. The average molecular weight is 103 g/mol. The van der Waals surface area contributed by atoms with Crippen LogP contribution in [0.3, 0.4) is 0 Å². The lowest BCUT2D eigenvalue weighted by atomic mass is 10.5. The number of hydrogen-bond donors (Lipinski definition) is 0. The van der Waals surface area contributed by atoms with E-state index in [0.29, 0.717) is 6.42 Å². The molecule has 0 N–H and O–H groups in total. The standard InChI is InChI=1S/C4H8O3/c1-2-3-7-4(5)6/h2-3H2,1H3,(H,5,6)/p-1. The molecule has 0 rings (SSSR count).